The molecule has 0 aliphatic heterocycles. The summed E-state index contributed by atoms with van der Waals surface area (Å²) >= 11 is 0. The van der Waals surface area contributed by atoms with Gasteiger partial charge in [-0.2, -0.15) is 0 Å². The molecule has 1 amide bonds. The lowest BCUT2D eigenvalue weighted by atomic mass is 10.1. The number of para-hydroxylation sites is 1. The van der Waals surface area contributed by atoms with Crippen LogP contribution in [0, 0.1) is 0 Å². The van der Waals surface area contributed by atoms with Crippen LogP contribution in [0.2, 0.25) is 0 Å². The topological polar surface area (TPSA) is 65.9 Å². The number of ether oxygens (including phenoxy) is 1. The Morgan fingerprint density at radius 1 is 1.15 bits per heavy atom. The van der Waals surface area contributed by atoms with Gasteiger partial charge in [-0.3, -0.25) is 10.0 Å². The fraction of sp³-hybridized carbons (Fsp3) is 0.500. The fourth-order valence-electron chi connectivity index (χ4n) is 2.74. The number of carbonyl (C=O) groups excluding carboxylic acids is 1. The van der Waals surface area contributed by atoms with Crippen LogP contribution in [-0.4, -0.2) is 58.8 Å². The van der Waals surface area contributed by atoms with Crippen LogP contribution in [0.1, 0.15) is 44.0 Å². The van der Waals surface area contributed by atoms with Crippen molar-refractivity contribution in [2.24, 2.45) is 0 Å². The number of hydroxylamine groups is 2. The second kappa shape index (κ2) is 10.1. The second-order valence-corrected chi connectivity index (χ2v) is 6.18. The number of fused-ring (bicyclic) bond motifs is 1. The molecule has 26 heavy (non-hydrogen) atoms. The number of aromatic nitrogens is 1. The van der Waals surface area contributed by atoms with Crippen molar-refractivity contribution in [1.29, 1.82) is 0 Å². The van der Waals surface area contributed by atoms with E-state index in [9.17, 15) is 10.0 Å². The first-order valence-corrected chi connectivity index (χ1v) is 9.36. The molecule has 0 spiro atoms. The quantitative estimate of drug-likeness (QED) is 0.399. The molecule has 0 aliphatic rings. The van der Waals surface area contributed by atoms with Gasteiger partial charge in [0.25, 0.3) is 5.91 Å². The summed E-state index contributed by atoms with van der Waals surface area (Å²) in [5.74, 6) is -0.0197. The van der Waals surface area contributed by atoms with Crippen LogP contribution in [0.15, 0.2) is 30.3 Å². The number of rotatable bonds is 10. The third kappa shape index (κ3) is 5.16. The van der Waals surface area contributed by atoms with E-state index in [1.54, 1.807) is 6.07 Å². The van der Waals surface area contributed by atoms with Crippen molar-refractivity contribution in [3.05, 3.63) is 35.9 Å². The van der Waals surface area contributed by atoms with Gasteiger partial charge in [-0.1, -0.05) is 45.4 Å². The summed E-state index contributed by atoms with van der Waals surface area (Å²) < 4.78 is 5.69. The van der Waals surface area contributed by atoms with Gasteiger partial charge in [0.15, 0.2) is 0 Å². The zero-order chi connectivity index (χ0) is 18.9. The molecule has 0 saturated heterocycles. The Hall–Kier alpha value is -2.18. The van der Waals surface area contributed by atoms with Gasteiger partial charge in [0.05, 0.1) is 24.2 Å². The minimum absolute atomic E-state index is 0.253. The van der Waals surface area contributed by atoms with Crippen LogP contribution >= 0.6 is 0 Å². The van der Waals surface area contributed by atoms with E-state index in [4.69, 9.17) is 4.74 Å². The molecule has 1 heterocycles. The highest BCUT2D eigenvalue weighted by Crippen LogP contribution is 2.23. The van der Waals surface area contributed by atoms with Crippen molar-refractivity contribution in [1.82, 2.24) is 14.9 Å². The zero-order valence-corrected chi connectivity index (χ0v) is 15.9. The molecule has 1 N–H and O–H groups in total. The van der Waals surface area contributed by atoms with Crippen molar-refractivity contribution in [2.75, 3.05) is 32.8 Å². The lowest BCUT2D eigenvalue weighted by Crippen LogP contribution is -2.36. The van der Waals surface area contributed by atoms with Crippen LogP contribution in [-0.2, 0) is 0 Å². The number of carbonyl (C=O) groups is 1. The van der Waals surface area contributed by atoms with E-state index in [1.807, 2.05) is 24.3 Å². The molecule has 142 valence electrons. The average Bonchev–Trinajstić information content (AvgIpc) is 2.67. The van der Waals surface area contributed by atoms with Crippen molar-refractivity contribution in [3.63, 3.8) is 0 Å². The summed E-state index contributed by atoms with van der Waals surface area (Å²) in [5.41, 5.74) is 1.09. The van der Waals surface area contributed by atoms with Crippen LogP contribution in [0.3, 0.4) is 0 Å². The Kier molecular flexibility index (Phi) is 7.81. The Bertz CT molecular complexity index is 717. The summed E-state index contributed by atoms with van der Waals surface area (Å²) in [5, 5.41) is 11.8. The molecule has 0 unspecified atom stereocenters. The average molecular weight is 359 g/mol. The number of hydrogen-bond donors (Lipinski definition) is 1. The van der Waals surface area contributed by atoms with Gasteiger partial charge in [-0.05, 0) is 25.6 Å². The van der Waals surface area contributed by atoms with E-state index in [-0.39, 0.29) is 6.54 Å². The minimum Gasteiger partial charge on any atom is -0.478 e. The van der Waals surface area contributed by atoms with Crippen molar-refractivity contribution < 1.29 is 14.7 Å². The highest BCUT2D eigenvalue weighted by Gasteiger charge is 2.19. The van der Waals surface area contributed by atoms with Crippen LogP contribution in [0.5, 0.6) is 5.88 Å². The minimum atomic E-state index is -0.434. The molecule has 1 aromatic carbocycles. The normalized spacial score (nSPS) is 11.1. The molecule has 0 radical (unpaired) electrons. The first kappa shape index (κ1) is 20.1. The Morgan fingerprint density at radius 3 is 2.58 bits per heavy atom. The molecule has 0 fully saturated rings. The van der Waals surface area contributed by atoms with Crippen molar-refractivity contribution >= 4 is 16.8 Å². The summed E-state index contributed by atoms with van der Waals surface area (Å²) in [6, 6.07) is 9.04. The fourth-order valence-corrected chi connectivity index (χ4v) is 2.74. The first-order valence-electron chi connectivity index (χ1n) is 9.36. The van der Waals surface area contributed by atoms with Gasteiger partial charge in [-0.25, -0.2) is 10.0 Å². The molecule has 0 saturated carbocycles. The summed E-state index contributed by atoms with van der Waals surface area (Å²) in [7, 11) is 0. The second-order valence-electron chi connectivity index (χ2n) is 6.18. The standard InChI is InChI=1S/C20H29N3O3/c1-4-7-14-26-19-15-17(16-10-8-9-11-18(16)21-19)20(24)23(25)13-12-22(5-2)6-3/h8-11,15,25H,4-7,12-14H2,1-3H3. The zero-order valence-electron chi connectivity index (χ0n) is 15.9. The number of amides is 1. The van der Waals surface area contributed by atoms with E-state index < -0.39 is 5.91 Å². The van der Waals surface area contributed by atoms with Crippen LogP contribution in [0.25, 0.3) is 10.9 Å². The van der Waals surface area contributed by atoms with Gasteiger partial charge in [0, 0.05) is 18.0 Å². The maximum atomic E-state index is 12.8. The number of hydrogen-bond acceptors (Lipinski definition) is 5. The smallest absolute Gasteiger partial charge is 0.278 e. The number of pyridine rings is 1. The molecule has 6 nitrogen and oxygen atoms in total. The van der Waals surface area contributed by atoms with Gasteiger partial charge in [-0.15, -0.1) is 0 Å². The molecule has 0 aliphatic carbocycles. The molecule has 0 bridgehead atoms. The third-order valence-corrected chi connectivity index (χ3v) is 4.43. The van der Waals surface area contributed by atoms with Gasteiger partial charge in [0.2, 0.25) is 5.88 Å². The summed E-state index contributed by atoms with van der Waals surface area (Å²) in [4.78, 5) is 19.4. The van der Waals surface area contributed by atoms with Gasteiger partial charge in [0.1, 0.15) is 0 Å². The Balaban J connectivity index is 2.23. The molecule has 1 aromatic heterocycles. The van der Waals surface area contributed by atoms with E-state index in [0.717, 1.165) is 31.0 Å². The van der Waals surface area contributed by atoms with E-state index in [1.165, 1.54) is 0 Å². The molecular weight excluding hydrogens is 330 g/mol. The predicted molar refractivity (Wildman–Crippen MR) is 103 cm³/mol. The molecular formula is C20H29N3O3. The van der Waals surface area contributed by atoms with Crippen LogP contribution < -0.4 is 4.74 Å². The maximum Gasteiger partial charge on any atom is 0.278 e. The highest BCUT2D eigenvalue weighted by atomic mass is 16.5. The number of nitrogens with zero attached hydrogens (tertiary/aromatic N) is 3. The first-order chi connectivity index (χ1) is 12.6. The number of unbranched alkanes of at least 4 members (excludes halogenated alkanes) is 1. The molecule has 2 aromatic rings. The largest absolute Gasteiger partial charge is 0.478 e. The SMILES string of the molecule is CCCCOc1cc(C(=O)N(O)CCN(CC)CC)c2ccccc2n1. The molecule has 2 rings (SSSR count). The third-order valence-electron chi connectivity index (χ3n) is 4.43. The van der Waals surface area contributed by atoms with E-state index in [2.05, 4.69) is 30.7 Å². The van der Waals surface area contributed by atoms with E-state index in [0.29, 0.717) is 35.5 Å². The van der Waals surface area contributed by atoms with Gasteiger partial charge >= 0.3 is 0 Å². The molecule has 0 atom stereocenters. The number of likely N-dealkylation sites (N-methyl/N-ethyl adjacent to an activating group) is 1. The lowest BCUT2D eigenvalue weighted by molar-refractivity contribution is -0.0615. The summed E-state index contributed by atoms with van der Waals surface area (Å²) in [6.07, 6.45) is 1.95. The maximum absolute atomic E-state index is 12.8. The Labute approximate surface area is 155 Å². The summed E-state index contributed by atoms with van der Waals surface area (Å²) in [6.45, 7) is 9.40. The van der Waals surface area contributed by atoms with Crippen LogP contribution in [0.4, 0.5) is 0 Å². The highest BCUT2D eigenvalue weighted by molar-refractivity contribution is 6.06. The van der Waals surface area contributed by atoms with E-state index >= 15 is 0 Å². The lowest BCUT2D eigenvalue weighted by Gasteiger charge is -2.22. The van der Waals surface area contributed by atoms with Gasteiger partial charge < -0.3 is 9.64 Å². The van der Waals surface area contributed by atoms with Crippen molar-refractivity contribution in [2.45, 2.75) is 33.6 Å². The predicted octanol–water partition coefficient (Wildman–Crippen LogP) is 3.59. The number of benzene rings is 1. The molecule has 6 heteroatoms. The Morgan fingerprint density at radius 2 is 1.88 bits per heavy atom. The van der Waals surface area contributed by atoms with Crippen molar-refractivity contribution in [3.8, 4) is 5.88 Å². The monoisotopic (exact) mass is 359 g/mol.